The maximum absolute atomic E-state index is 9.75. The van der Waals surface area contributed by atoms with Gasteiger partial charge in [0.2, 0.25) is 0 Å². The van der Waals surface area contributed by atoms with Crippen LogP contribution in [0, 0.1) is 0 Å². The Kier molecular flexibility index (Phi) is 6.64. The van der Waals surface area contributed by atoms with E-state index >= 15 is 0 Å². The van der Waals surface area contributed by atoms with Crippen LogP contribution in [0.1, 0.15) is 13.8 Å². The van der Waals surface area contributed by atoms with Crippen molar-refractivity contribution in [2.45, 2.75) is 13.8 Å². The summed E-state index contributed by atoms with van der Waals surface area (Å²) < 4.78 is 0. The maximum Gasteiger partial charge on any atom is 1.00 e. The van der Waals surface area contributed by atoms with Gasteiger partial charge in [0.25, 0.3) is 0 Å². The van der Waals surface area contributed by atoms with Crippen molar-refractivity contribution in [1.82, 2.24) is 0 Å². The van der Waals surface area contributed by atoms with E-state index in [0.29, 0.717) is 0 Å². The van der Waals surface area contributed by atoms with E-state index in [1.54, 1.807) is 6.92 Å². The molecule has 0 aliphatic heterocycles. The minimum absolute atomic E-state index is 0. The molecule has 40 valence electrons. The van der Waals surface area contributed by atoms with Gasteiger partial charge in [0.05, 0.1) is 5.97 Å². The molecule has 0 N–H and O–H groups in total. The summed E-state index contributed by atoms with van der Waals surface area (Å²) >= 11 is 0. The number of carbonyl (C=O) groups is 1. The third-order valence-corrected chi connectivity index (χ3v) is 0.755. The van der Waals surface area contributed by atoms with Crippen molar-refractivity contribution in [3.63, 3.8) is 0 Å². The van der Waals surface area contributed by atoms with E-state index in [0.717, 1.165) is 0 Å². The molecule has 8 heavy (non-hydrogen) atoms. The molecule has 0 heterocycles. The van der Waals surface area contributed by atoms with Crippen LogP contribution in [-0.4, -0.2) is 5.97 Å². The van der Waals surface area contributed by atoms with Gasteiger partial charge >= 0.3 is 18.9 Å². The summed E-state index contributed by atoms with van der Waals surface area (Å²) in [6.45, 7) is 3.15. The van der Waals surface area contributed by atoms with Crippen LogP contribution in [0.25, 0.3) is 0 Å². The molecule has 0 spiro atoms. The molecule has 0 aromatic carbocycles. The Balaban J connectivity index is 0. The van der Waals surface area contributed by atoms with E-state index in [-0.39, 0.29) is 24.4 Å². The number of hydrogen-bond acceptors (Lipinski definition) is 2. The van der Waals surface area contributed by atoms with Gasteiger partial charge in [-0.25, -0.2) is 0 Å². The zero-order valence-electron chi connectivity index (χ0n) is 5.39. The molecular formula is C5H7LiO2. The number of carboxylic acid groups (broad SMARTS) is 1. The fourth-order valence-corrected chi connectivity index (χ4v) is 0.118. The molecular weight excluding hydrogens is 99.0 g/mol. The normalized spacial score (nSPS) is 10.0. The summed E-state index contributed by atoms with van der Waals surface area (Å²) in [4.78, 5) is 9.75. The Morgan fingerprint density at radius 1 is 1.62 bits per heavy atom. The summed E-state index contributed by atoms with van der Waals surface area (Å²) in [5.41, 5.74) is 0.278. The summed E-state index contributed by atoms with van der Waals surface area (Å²) in [7, 11) is 0. The molecule has 0 radical (unpaired) electrons. The van der Waals surface area contributed by atoms with Crippen molar-refractivity contribution in [3.05, 3.63) is 11.6 Å². The van der Waals surface area contributed by atoms with Crippen molar-refractivity contribution < 1.29 is 28.8 Å². The Morgan fingerprint density at radius 3 is 2.00 bits per heavy atom. The van der Waals surface area contributed by atoms with Gasteiger partial charge in [-0.3, -0.25) is 0 Å². The van der Waals surface area contributed by atoms with Gasteiger partial charge in [-0.1, -0.05) is 6.08 Å². The second kappa shape index (κ2) is 4.95. The van der Waals surface area contributed by atoms with E-state index in [1.165, 1.54) is 13.0 Å². The van der Waals surface area contributed by atoms with Crippen LogP contribution in [0.2, 0.25) is 0 Å². The standard InChI is InChI=1S/C5H8O2.Li/c1-3-4(2)5(6)7;/h3H,1-2H3,(H,6,7);/q;+1/p-1/b4-3+;. The zero-order chi connectivity index (χ0) is 5.86. The van der Waals surface area contributed by atoms with Gasteiger partial charge < -0.3 is 9.90 Å². The first-order chi connectivity index (χ1) is 3.18. The fraction of sp³-hybridized carbons (Fsp3) is 0.400. The number of rotatable bonds is 1. The van der Waals surface area contributed by atoms with Crippen molar-refractivity contribution >= 4 is 5.97 Å². The third kappa shape index (κ3) is 3.98. The van der Waals surface area contributed by atoms with Crippen LogP contribution in [-0.2, 0) is 4.79 Å². The number of carboxylic acids is 1. The first-order valence-electron chi connectivity index (χ1n) is 2.02. The molecule has 0 saturated carbocycles. The summed E-state index contributed by atoms with van der Waals surface area (Å²) in [5, 5.41) is 9.75. The predicted molar refractivity (Wildman–Crippen MR) is 24.4 cm³/mol. The van der Waals surface area contributed by atoms with Gasteiger partial charge in [-0.15, -0.1) is 0 Å². The molecule has 0 atom stereocenters. The van der Waals surface area contributed by atoms with Gasteiger partial charge in [0.15, 0.2) is 0 Å². The summed E-state index contributed by atoms with van der Waals surface area (Å²) in [6.07, 6.45) is 1.50. The predicted octanol–water partition coefficient (Wildman–Crippen LogP) is -3.29. The Bertz CT molecular complexity index is 107. The monoisotopic (exact) mass is 106 g/mol. The molecule has 0 saturated heterocycles. The van der Waals surface area contributed by atoms with Gasteiger partial charge in [-0.2, -0.15) is 0 Å². The average molecular weight is 106 g/mol. The van der Waals surface area contributed by atoms with E-state index in [9.17, 15) is 9.90 Å². The summed E-state index contributed by atoms with van der Waals surface area (Å²) in [6, 6.07) is 0. The van der Waals surface area contributed by atoms with E-state index in [2.05, 4.69) is 0 Å². The second-order valence-electron chi connectivity index (χ2n) is 1.26. The first kappa shape index (κ1) is 10.7. The maximum atomic E-state index is 9.75. The summed E-state index contributed by atoms with van der Waals surface area (Å²) in [5.74, 6) is -1.09. The largest absolute Gasteiger partial charge is 1.00 e. The fourth-order valence-electron chi connectivity index (χ4n) is 0.118. The minimum atomic E-state index is -1.09. The molecule has 0 rings (SSSR count). The van der Waals surface area contributed by atoms with Crippen LogP contribution in [0.5, 0.6) is 0 Å². The van der Waals surface area contributed by atoms with Gasteiger partial charge in [-0.05, 0) is 19.4 Å². The van der Waals surface area contributed by atoms with E-state index in [1.807, 2.05) is 0 Å². The molecule has 0 unspecified atom stereocenters. The van der Waals surface area contributed by atoms with Crippen molar-refractivity contribution in [3.8, 4) is 0 Å². The molecule has 0 amide bonds. The van der Waals surface area contributed by atoms with Crippen LogP contribution in [0.4, 0.5) is 0 Å². The topological polar surface area (TPSA) is 40.1 Å². The van der Waals surface area contributed by atoms with Crippen LogP contribution in [0.3, 0.4) is 0 Å². The molecule has 2 nitrogen and oxygen atoms in total. The minimum Gasteiger partial charge on any atom is -0.545 e. The second-order valence-corrected chi connectivity index (χ2v) is 1.26. The van der Waals surface area contributed by atoms with E-state index < -0.39 is 5.97 Å². The molecule has 0 aliphatic rings. The van der Waals surface area contributed by atoms with Crippen molar-refractivity contribution in [1.29, 1.82) is 0 Å². The Hall–Kier alpha value is -0.193. The number of hydrogen-bond donors (Lipinski definition) is 0. The number of aliphatic carboxylic acids is 1. The van der Waals surface area contributed by atoms with Crippen LogP contribution >= 0.6 is 0 Å². The van der Waals surface area contributed by atoms with Crippen molar-refractivity contribution in [2.75, 3.05) is 0 Å². The average Bonchev–Trinajstić information content (AvgIpc) is 1.65. The van der Waals surface area contributed by atoms with Crippen LogP contribution in [0.15, 0.2) is 11.6 Å². The molecule has 0 aromatic heterocycles. The first-order valence-corrected chi connectivity index (χ1v) is 2.02. The molecule has 0 aliphatic carbocycles. The van der Waals surface area contributed by atoms with Crippen molar-refractivity contribution in [2.24, 2.45) is 0 Å². The third-order valence-electron chi connectivity index (χ3n) is 0.755. The van der Waals surface area contributed by atoms with Gasteiger partial charge in [0.1, 0.15) is 0 Å². The number of carbonyl (C=O) groups excluding carboxylic acids is 1. The van der Waals surface area contributed by atoms with E-state index in [4.69, 9.17) is 0 Å². The molecule has 0 aromatic rings. The molecule has 0 fully saturated rings. The van der Waals surface area contributed by atoms with Gasteiger partial charge in [0, 0.05) is 0 Å². The number of allylic oxidation sites excluding steroid dienone is 1. The smallest absolute Gasteiger partial charge is 0.545 e. The molecule has 0 bridgehead atoms. The van der Waals surface area contributed by atoms with Crippen LogP contribution < -0.4 is 24.0 Å². The quantitative estimate of drug-likeness (QED) is 0.259. The Labute approximate surface area is 60.8 Å². The Morgan fingerprint density at radius 2 is 2.00 bits per heavy atom. The SMILES string of the molecule is C/C=C(\C)C(=O)[O-].[Li+]. The zero-order valence-corrected chi connectivity index (χ0v) is 5.39. The molecule has 3 heteroatoms.